The summed E-state index contributed by atoms with van der Waals surface area (Å²) in [6.45, 7) is 3.09. The van der Waals surface area contributed by atoms with E-state index in [0.717, 1.165) is 25.9 Å². The number of nitrogens with zero attached hydrogens (tertiary/aromatic N) is 2. The minimum atomic E-state index is 0.116. The van der Waals surface area contributed by atoms with Crippen LogP contribution in [0.1, 0.15) is 29.2 Å². The molecule has 1 aliphatic rings. The van der Waals surface area contributed by atoms with E-state index in [1.807, 2.05) is 29.9 Å². The lowest BCUT2D eigenvalue weighted by molar-refractivity contribution is -0.122. The van der Waals surface area contributed by atoms with Crippen molar-refractivity contribution >= 4 is 17.2 Å². The first kappa shape index (κ1) is 14.3. The first-order chi connectivity index (χ1) is 10.3. The Labute approximate surface area is 128 Å². The van der Waals surface area contributed by atoms with Crippen LogP contribution in [-0.4, -0.2) is 40.6 Å². The largest absolute Gasteiger partial charge is 0.350 e. The number of rotatable bonds is 5. The van der Waals surface area contributed by atoms with Gasteiger partial charge >= 0.3 is 0 Å². The summed E-state index contributed by atoms with van der Waals surface area (Å²) in [5, 5.41) is 11.9. The molecule has 0 radical (unpaired) electrons. The second kappa shape index (κ2) is 6.87. The van der Waals surface area contributed by atoms with E-state index in [1.165, 1.54) is 10.4 Å². The first-order valence-electron chi connectivity index (χ1n) is 7.31. The van der Waals surface area contributed by atoms with E-state index < -0.39 is 0 Å². The molecule has 5 nitrogen and oxygen atoms in total. The van der Waals surface area contributed by atoms with Gasteiger partial charge in [0.2, 0.25) is 5.91 Å². The van der Waals surface area contributed by atoms with Crippen molar-refractivity contribution in [3.8, 4) is 0 Å². The summed E-state index contributed by atoms with van der Waals surface area (Å²) >= 11 is 1.67. The van der Waals surface area contributed by atoms with Crippen LogP contribution < -0.4 is 5.32 Å². The van der Waals surface area contributed by atoms with Gasteiger partial charge < -0.3 is 5.32 Å². The van der Waals surface area contributed by atoms with Crippen LogP contribution in [0.25, 0.3) is 0 Å². The van der Waals surface area contributed by atoms with Crippen LogP contribution in [0.15, 0.2) is 29.9 Å². The zero-order valence-electron chi connectivity index (χ0n) is 11.9. The average molecular weight is 304 g/mol. The monoisotopic (exact) mass is 304 g/mol. The number of carbonyl (C=O) groups is 1. The number of aromatic amines is 1. The van der Waals surface area contributed by atoms with E-state index in [0.29, 0.717) is 19.0 Å². The van der Waals surface area contributed by atoms with Gasteiger partial charge in [0.25, 0.3) is 0 Å². The van der Waals surface area contributed by atoms with Gasteiger partial charge in [-0.05, 0) is 48.9 Å². The fraction of sp³-hybridized carbons (Fsp3) is 0.467. The predicted octanol–water partition coefficient (Wildman–Crippen LogP) is 1.97. The molecule has 0 aliphatic carbocycles. The van der Waals surface area contributed by atoms with E-state index in [4.69, 9.17) is 0 Å². The summed E-state index contributed by atoms with van der Waals surface area (Å²) in [6, 6.07) is 4.05. The van der Waals surface area contributed by atoms with Crippen molar-refractivity contribution in [1.82, 2.24) is 20.4 Å². The molecule has 3 heterocycles. The maximum atomic E-state index is 12.0. The van der Waals surface area contributed by atoms with Gasteiger partial charge in [-0.1, -0.05) is 6.07 Å². The molecular weight excluding hydrogens is 284 g/mol. The second-order valence-corrected chi connectivity index (χ2v) is 6.47. The van der Waals surface area contributed by atoms with Crippen molar-refractivity contribution < 1.29 is 4.79 Å². The maximum absolute atomic E-state index is 12.0. The van der Waals surface area contributed by atoms with Crippen LogP contribution in [0.4, 0.5) is 0 Å². The van der Waals surface area contributed by atoms with Crippen LogP contribution in [-0.2, 0) is 11.3 Å². The van der Waals surface area contributed by atoms with Crippen LogP contribution in [0.2, 0.25) is 0 Å². The number of amides is 1. The molecule has 0 atom stereocenters. The molecule has 3 rings (SSSR count). The number of thiophene rings is 1. The van der Waals surface area contributed by atoms with Gasteiger partial charge in [-0.15, -0.1) is 11.3 Å². The molecular formula is C15H20N4OS. The van der Waals surface area contributed by atoms with Crippen LogP contribution in [0.5, 0.6) is 0 Å². The van der Waals surface area contributed by atoms with Crippen molar-refractivity contribution in [2.45, 2.75) is 25.3 Å². The smallest absolute Gasteiger partial charge is 0.234 e. The number of likely N-dealkylation sites (tertiary alicyclic amines) is 1. The zero-order chi connectivity index (χ0) is 14.5. The molecule has 1 fully saturated rings. The number of hydrogen-bond acceptors (Lipinski definition) is 4. The average Bonchev–Trinajstić information content (AvgIpc) is 3.19. The minimum absolute atomic E-state index is 0.116. The highest BCUT2D eigenvalue weighted by molar-refractivity contribution is 7.09. The molecule has 21 heavy (non-hydrogen) atoms. The molecule has 6 heteroatoms. The lowest BCUT2D eigenvalue weighted by Crippen LogP contribution is -2.40. The number of piperidine rings is 1. The SMILES string of the molecule is O=C(CN1CCC(c2cn[nH]c2)CC1)NCc1cccs1. The second-order valence-electron chi connectivity index (χ2n) is 5.44. The first-order valence-corrected chi connectivity index (χ1v) is 8.19. The molecule has 1 saturated heterocycles. The van der Waals surface area contributed by atoms with Crippen molar-refractivity contribution in [3.05, 3.63) is 40.3 Å². The highest BCUT2D eigenvalue weighted by atomic mass is 32.1. The van der Waals surface area contributed by atoms with Gasteiger partial charge in [0.15, 0.2) is 0 Å². The normalized spacial score (nSPS) is 17.0. The van der Waals surface area contributed by atoms with Gasteiger partial charge in [-0.25, -0.2) is 0 Å². The van der Waals surface area contributed by atoms with E-state index in [2.05, 4.69) is 20.4 Å². The minimum Gasteiger partial charge on any atom is -0.350 e. The predicted molar refractivity (Wildman–Crippen MR) is 83.2 cm³/mol. The van der Waals surface area contributed by atoms with Crippen molar-refractivity contribution in [1.29, 1.82) is 0 Å². The zero-order valence-corrected chi connectivity index (χ0v) is 12.7. The number of hydrogen-bond donors (Lipinski definition) is 2. The Bertz CT molecular complexity index is 544. The number of H-pyrrole nitrogens is 1. The Balaban J connectivity index is 1.39. The highest BCUT2D eigenvalue weighted by Gasteiger charge is 2.22. The third kappa shape index (κ3) is 3.92. The van der Waals surface area contributed by atoms with Gasteiger partial charge in [0.05, 0.1) is 19.3 Å². The molecule has 2 aromatic heterocycles. The Morgan fingerprint density at radius 2 is 2.33 bits per heavy atom. The number of aromatic nitrogens is 2. The van der Waals surface area contributed by atoms with Crippen molar-refractivity contribution in [3.63, 3.8) is 0 Å². The van der Waals surface area contributed by atoms with Gasteiger partial charge in [0.1, 0.15) is 0 Å². The molecule has 0 spiro atoms. The summed E-state index contributed by atoms with van der Waals surface area (Å²) in [4.78, 5) is 15.4. The van der Waals surface area contributed by atoms with Gasteiger partial charge in [-0.2, -0.15) is 5.10 Å². The Hall–Kier alpha value is -1.66. The Kier molecular flexibility index (Phi) is 4.67. The molecule has 112 valence electrons. The van der Waals surface area contributed by atoms with E-state index in [-0.39, 0.29) is 5.91 Å². The fourth-order valence-corrected chi connectivity index (χ4v) is 3.41. The summed E-state index contributed by atoms with van der Waals surface area (Å²) < 4.78 is 0. The fourth-order valence-electron chi connectivity index (χ4n) is 2.77. The van der Waals surface area contributed by atoms with Crippen LogP contribution in [0, 0.1) is 0 Å². The molecule has 0 bridgehead atoms. The summed E-state index contributed by atoms with van der Waals surface area (Å²) in [7, 11) is 0. The molecule has 0 unspecified atom stereocenters. The molecule has 2 aromatic rings. The number of nitrogens with one attached hydrogen (secondary N) is 2. The standard InChI is InChI=1S/C15H20N4OS/c20-15(16-10-14-2-1-7-21-14)11-19-5-3-12(4-6-19)13-8-17-18-9-13/h1-2,7-9,12H,3-6,10-11H2,(H,16,20)(H,17,18). The molecule has 2 N–H and O–H groups in total. The van der Waals surface area contributed by atoms with Crippen molar-refractivity contribution in [2.24, 2.45) is 0 Å². The number of carbonyl (C=O) groups excluding carboxylic acids is 1. The molecule has 1 amide bonds. The molecule has 1 aliphatic heterocycles. The summed E-state index contributed by atoms with van der Waals surface area (Å²) in [5.41, 5.74) is 1.29. The quantitative estimate of drug-likeness (QED) is 0.888. The third-order valence-corrected chi connectivity index (χ3v) is 4.86. The van der Waals surface area contributed by atoms with E-state index >= 15 is 0 Å². The lowest BCUT2D eigenvalue weighted by atomic mass is 9.91. The maximum Gasteiger partial charge on any atom is 0.234 e. The molecule has 0 aromatic carbocycles. The topological polar surface area (TPSA) is 61.0 Å². The van der Waals surface area contributed by atoms with Gasteiger partial charge in [-0.3, -0.25) is 14.8 Å². The third-order valence-electron chi connectivity index (χ3n) is 3.99. The summed E-state index contributed by atoms with van der Waals surface area (Å²) in [6.07, 6.45) is 6.08. The van der Waals surface area contributed by atoms with Crippen molar-refractivity contribution in [2.75, 3.05) is 19.6 Å². The van der Waals surface area contributed by atoms with Gasteiger partial charge in [0, 0.05) is 11.1 Å². The highest BCUT2D eigenvalue weighted by Crippen LogP contribution is 2.26. The van der Waals surface area contributed by atoms with Crippen LogP contribution >= 0.6 is 11.3 Å². The Morgan fingerprint density at radius 1 is 1.48 bits per heavy atom. The van der Waals surface area contributed by atoms with E-state index in [1.54, 1.807) is 11.3 Å². The summed E-state index contributed by atoms with van der Waals surface area (Å²) in [5.74, 6) is 0.694. The molecule has 0 saturated carbocycles. The Morgan fingerprint density at radius 3 is 3.00 bits per heavy atom. The lowest BCUT2D eigenvalue weighted by Gasteiger charge is -2.30. The van der Waals surface area contributed by atoms with Crippen LogP contribution in [0.3, 0.4) is 0 Å². The van der Waals surface area contributed by atoms with E-state index in [9.17, 15) is 4.79 Å².